The molecule has 2 rings (SSSR count). The summed E-state index contributed by atoms with van der Waals surface area (Å²) in [5, 5.41) is 7.79. The quantitative estimate of drug-likeness (QED) is 0.829. The van der Waals surface area contributed by atoms with E-state index < -0.39 is 0 Å². The van der Waals surface area contributed by atoms with Crippen molar-refractivity contribution in [3.8, 4) is 0 Å². The van der Waals surface area contributed by atoms with Gasteiger partial charge in [-0.1, -0.05) is 52.1 Å². The van der Waals surface area contributed by atoms with Gasteiger partial charge in [-0.2, -0.15) is 4.98 Å². The minimum atomic E-state index is 0.232. The van der Waals surface area contributed by atoms with Crippen molar-refractivity contribution in [2.45, 2.75) is 82.3 Å². The second kappa shape index (κ2) is 7.63. The van der Waals surface area contributed by atoms with Gasteiger partial charge in [0.15, 0.2) is 5.82 Å². The zero-order valence-corrected chi connectivity index (χ0v) is 14.6. The van der Waals surface area contributed by atoms with Gasteiger partial charge in [0.25, 0.3) is 0 Å². The average Bonchev–Trinajstić information content (AvgIpc) is 2.76. The van der Waals surface area contributed by atoms with E-state index in [1.54, 1.807) is 0 Å². The molecule has 2 unspecified atom stereocenters. The fraction of sp³-hybridized carbons (Fsp3) is 0.875. The molecule has 1 saturated carbocycles. The predicted molar refractivity (Wildman–Crippen MR) is 88.6 cm³/mol. The molecule has 1 aromatic rings. The maximum absolute atomic E-state index is 5.59. The zero-order chi connectivity index (χ0) is 15.3. The van der Waals surface area contributed by atoms with E-state index in [2.05, 4.69) is 43.2 Å². The molecule has 4 nitrogen and oxygen atoms in total. The van der Waals surface area contributed by atoms with Crippen LogP contribution in [0.25, 0.3) is 0 Å². The summed E-state index contributed by atoms with van der Waals surface area (Å²) in [6.45, 7) is 9.81. The smallest absolute Gasteiger partial charge is 0.231 e. The number of likely N-dealkylation sites (N-methyl/N-ethyl adjacent to an activating group) is 1. The highest BCUT2D eigenvalue weighted by atomic mass is 32.2. The van der Waals surface area contributed by atoms with Crippen molar-refractivity contribution in [2.24, 2.45) is 0 Å². The maximum Gasteiger partial charge on any atom is 0.231 e. The normalized spacial score (nSPS) is 24.0. The summed E-state index contributed by atoms with van der Waals surface area (Å²) in [6.07, 6.45) is 6.26. The molecule has 1 fully saturated rings. The zero-order valence-electron chi connectivity index (χ0n) is 13.8. The molecule has 2 atom stereocenters. The van der Waals surface area contributed by atoms with Gasteiger partial charge in [0, 0.05) is 10.8 Å². The highest BCUT2D eigenvalue weighted by Crippen LogP contribution is 2.32. The van der Waals surface area contributed by atoms with Crippen molar-refractivity contribution in [1.82, 2.24) is 15.5 Å². The van der Waals surface area contributed by atoms with Gasteiger partial charge in [-0.05, 0) is 19.4 Å². The summed E-state index contributed by atoms with van der Waals surface area (Å²) in [6, 6.07) is 0.487. The Labute approximate surface area is 132 Å². The molecule has 1 aromatic heterocycles. The van der Waals surface area contributed by atoms with Crippen molar-refractivity contribution in [1.29, 1.82) is 0 Å². The lowest BCUT2D eigenvalue weighted by molar-refractivity contribution is 0.304. The molecule has 1 aliphatic rings. The molecule has 1 N–H and O–H groups in total. The summed E-state index contributed by atoms with van der Waals surface area (Å²) in [7, 11) is 0. The van der Waals surface area contributed by atoms with E-state index in [0.717, 1.165) is 30.4 Å². The van der Waals surface area contributed by atoms with Gasteiger partial charge >= 0.3 is 0 Å². The highest BCUT2D eigenvalue weighted by Gasteiger charge is 2.29. The van der Waals surface area contributed by atoms with Gasteiger partial charge in [0.1, 0.15) is 0 Å². The maximum atomic E-state index is 5.59. The number of nitrogens with one attached hydrogen (secondary N) is 1. The number of nitrogens with zero attached hydrogens (tertiary/aromatic N) is 2. The number of thioether (sulfide) groups is 1. The number of hydrogen-bond donors (Lipinski definition) is 1. The van der Waals surface area contributed by atoms with Crippen LogP contribution in [-0.2, 0) is 5.75 Å². The van der Waals surface area contributed by atoms with Gasteiger partial charge in [-0.15, -0.1) is 11.8 Å². The molecule has 0 aromatic carbocycles. The topological polar surface area (TPSA) is 51.0 Å². The van der Waals surface area contributed by atoms with E-state index in [1.807, 2.05) is 11.8 Å². The minimum absolute atomic E-state index is 0.232. The van der Waals surface area contributed by atoms with Gasteiger partial charge < -0.3 is 9.84 Å². The lowest BCUT2D eigenvalue weighted by atomic mass is 9.94. The van der Waals surface area contributed by atoms with Crippen LogP contribution in [0.2, 0.25) is 0 Å². The molecule has 0 bridgehead atoms. The lowest BCUT2D eigenvalue weighted by Crippen LogP contribution is -2.34. The Morgan fingerprint density at radius 1 is 1.24 bits per heavy atom. The summed E-state index contributed by atoms with van der Waals surface area (Å²) < 4.78 is 5.82. The molecule has 0 saturated heterocycles. The van der Waals surface area contributed by atoms with Crippen LogP contribution in [0.15, 0.2) is 4.52 Å². The molecule has 21 heavy (non-hydrogen) atoms. The lowest BCUT2D eigenvalue weighted by Gasteiger charge is -2.22. The summed E-state index contributed by atoms with van der Waals surface area (Å²) in [5.41, 5.74) is 0. The molecule has 0 spiro atoms. The van der Waals surface area contributed by atoms with Crippen molar-refractivity contribution < 1.29 is 4.52 Å². The Bertz CT molecular complexity index is 427. The fourth-order valence-electron chi connectivity index (χ4n) is 2.87. The molecular formula is C16H29N3OS. The standard InChI is InChI=1S/C16H29N3OS/c1-5-17-13-10-8-6-7-9-12(13)15-18-14(19-20-15)11-21-16(2,3)4/h12-13,17H,5-11H2,1-4H3. The van der Waals surface area contributed by atoms with Gasteiger partial charge in [0.05, 0.1) is 11.7 Å². The van der Waals surface area contributed by atoms with Crippen LogP contribution in [0.4, 0.5) is 0 Å². The van der Waals surface area contributed by atoms with E-state index in [1.165, 1.54) is 25.7 Å². The predicted octanol–water partition coefficient (Wildman–Crippen LogP) is 4.13. The van der Waals surface area contributed by atoms with E-state index in [-0.39, 0.29) is 4.75 Å². The third-order valence-corrected chi connectivity index (χ3v) is 5.19. The van der Waals surface area contributed by atoms with Gasteiger partial charge in [-0.25, -0.2) is 0 Å². The monoisotopic (exact) mass is 311 g/mol. The van der Waals surface area contributed by atoms with Crippen LogP contribution in [0.5, 0.6) is 0 Å². The third kappa shape index (κ3) is 5.29. The highest BCUT2D eigenvalue weighted by molar-refractivity contribution is 7.99. The van der Waals surface area contributed by atoms with Crippen LogP contribution >= 0.6 is 11.8 Å². The second-order valence-electron chi connectivity index (χ2n) is 6.86. The Balaban J connectivity index is 2.03. The van der Waals surface area contributed by atoms with Crippen LogP contribution < -0.4 is 5.32 Å². The average molecular weight is 311 g/mol. The van der Waals surface area contributed by atoms with Crippen molar-refractivity contribution in [2.75, 3.05) is 6.54 Å². The molecule has 1 heterocycles. The molecule has 0 amide bonds. The SMILES string of the molecule is CCNC1CCCCCC1c1nc(CSC(C)(C)C)no1. The molecular weight excluding hydrogens is 282 g/mol. The first kappa shape index (κ1) is 16.8. The van der Waals surface area contributed by atoms with E-state index in [4.69, 9.17) is 4.52 Å². The van der Waals surface area contributed by atoms with Crippen LogP contribution in [0.1, 0.15) is 77.4 Å². The number of aromatic nitrogens is 2. The number of hydrogen-bond acceptors (Lipinski definition) is 5. The Hall–Kier alpha value is -0.550. The molecule has 120 valence electrons. The Morgan fingerprint density at radius 3 is 2.71 bits per heavy atom. The summed E-state index contributed by atoms with van der Waals surface area (Å²) >= 11 is 1.86. The van der Waals surface area contributed by atoms with Crippen molar-refractivity contribution >= 4 is 11.8 Å². The minimum Gasteiger partial charge on any atom is -0.339 e. The molecule has 0 radical (unpaired) electrons. The van der Waals surface area contributed by atoms with Gasteiger partial charge in [0.2, 0.25) is 5.89 Å². The number of rotatable bonds is 5. The molecule has 1 aliphatic carbocycles. The second-order valence-corrected chi connectivity index (χ2v) is 8.66. The van der Waals surface area contributed by atoms with E-state index in [9.17, 15) is 0 Å². The summed E-state index contributed by atoms with van der Waals surface area (Å²) in [4.78, 5) is 4.67. The van der Waals surface area contributed by atoms with Crippen LogP contribution in [-0.4, -0.2) is 27.5 Å². The van der Waals surface area contributed by atoms with Crippen LogP contribution in [0.3, 0.4) is 0 Å². The largest absolute Gasteiger partial charge is 0.339 e. The first-order valence-electron chi connectivity index (χ1n) is 8.19. The van der Waals surface area contributed by atoms with Crippen molar-refractivity contribution in [3.63, 3.8) is 0 Å². The summed E-state index contributed by atoms with van der Waals surface area (Å²) in [5.74, 6) is 2.89. The van der Waals surface area contributed by atoms with Crippen LogP contribution in [0, 0.1) is 0 Å². The first-order valence-corrected chi connectivity index (χ1v) is 9.18. The Morgan fingerprint density at radius 2 is 2.00 bits per heavy atom. The molecule has 5 heteroatoms. The molecule has 0 aliphatic heterocycles. The fourth-order valence-corrected chi connectivity index (χ4v) is 3.55. The Kier molecular flexibility index (Phi) is 6.11. The third-order valence-electron chi connectivity index (χ3n) is 3.92. The van der Waals surface area contributed by atoms with E-state index >= 15 is 0 Å². The van der Waals surface area contributed by atoms with Gasteiger partial charge in [-0.3, -0.25) is 0 Å². The first-order chi connectivity index (χ1) is 9.99. The van der Waals surface area contributed by atoms with E-state index in [0.29, 0.717) is 12.0 Å². The van der Waals surface area contributed by atoms with Crippen molar-refractivity contribution in [3.05, 3.63) is 11.7 Å².